The minimum Gasteiger partial charge on any atom is -0.384 e. The predicted molar refractivity (Wildman–Crippen MR) is 90.2 cm³/mol. The monoisotopic (exact) mass is 343 g/mol. The molecule has 108 valence electrons. The van der Waals surface area contributed by atoms with Gasteiger partial charge in [0.15, 0.2) is 5.78 Å². The number of hydrogen-bond donors (Lipinski definition) is 1. The number of ketones is 1. The number of aryl methyl sites for hydroxylation is 1. The smallest absolute Gasteiger partial charge is 0.187 e. The second kappa shape index (κ2) is 7.23. The lowest BCUT2D eigenvalue weighted by atomic mass is 10.1. The van der Waals surface area contributed by atoms with Crippen molar-refractivity contribution in [3.63, 3.8) is 0 Å². The highest BCUT2D eigenvalue weighted by atomic mass is 79.9. The molecule has 0 fully saturated rings. The van der Waals surface area contributed by atoms with Crippen molar-refractivity contribution in [2.75, 3.05) is 0 Å². The van der Waals surface area contributed by atoms with Crippen LogP contribution in [0.4, 0.5) is 0 Å². The number of allylic oxidation sites excluding steroid dienone is 2. The van der Waals surface area contributed by atoms with Crippen LogP contribution in [0.5, 0.6) is 0 Å². The number of benzene rings is 2. The third-order valence-corrected chi connectivity index (χ3v) is 3.70. The van der Waals surface area contributed by atoms with Gasteiger partial charge in [0, 0.05) is 28.4 Å². The van der Waals surface area contributed by atoms with Gasteiger partial charge in [-0.3, -0.25) is 4.79 Å². The van der Waals surface area contributed by atoms with E-state index in [4.69, 9.17) is 0 Å². The molecule has 0 aliphatic carbocycles. The van der Waals surface area contributed by atoms with Gasteiger partial charge in [-0.05, 0) is 43.7 Å². The van der Waals surface area contributed by atoms with Gasteiger partial charge in [0.1, 0.15) is 0 Å². The topological polar surface area (TPSA) is 29.1 Å². The number of hydrogen-bond acceptors (Lipinski definition) is 2. The van der Waals surface area contributed by atoms with Crippen LogP contribution in [-0.2, 0) is 6.54 Å². The molecule has 0 atom stereocenters. The van der Waals surface area contributed by atoms with Crippen LogP contribution in [-0.4, -0.2) is 5.78 Å². The SMILES string of the molecule is C/C(=C/C(=O)c1ccc(Br)cc1)NCc1ccc(C)cc1. The molecule has 2 aromatic carbocycles. The van der Waals surface area contributed by atoms with Crippen LogP contribution in [0, 0.1) is 6.92 Å². The Balaban J connectivity index is 1.95. The van der Waals surface area contributed by atoms with Gasteiger partial charge in [-0.2, -0.15) is 0 Å². The maximum Gasteiger partial charge on any atom is 0.187 e. The van der Waals surface area contributed by atoms with Crippen molar-refractivity contribution in [2.45, 2.75) is 20.4 Å². The third-order valence-electron chi connectivity index (χ3n) is 3.17. The van der Waals surface area contributed by atoms with Gasteiger partial charge in [-0.15, -0.1) is 0 Å². The summed E-state index contributed by atoms with van der Waals surface area (Å²) in [6.07, 6.45) is 1.64. The molecule has 3 heteroatoms. The van der Waals surface area contributed by atoms with Crippen molar-refractivity contribution in [1.82, 2.24) is 5.32 Å². The summed E-state index contributed by atoms with van der Waals surface area (Å²) >= 11 is 3.36. The summed E-state index contributed by atoms with van der Waals surface area (Å²) in [6.45, 7) is 4.69. The van der Waals surface area contributed by atoms with E-state index in [1.807, 2.05) is 31.2 Å². The van der Waals surface area contributed by atoms with Gasteiger partial charge in [0.2, 0.25) is 0 Å². The van der Waals surface area contributed by atoms with Crippen molar-refractivity contribution in [1.29, 1.82) is 0 Å². The molecule has 0 radical (unpaired) electrons. The highest BCUT2D eigenvalue weighted by Crippen LogP contribution is 2.12. The van der Waals surface area contributed by atoms with Crippen LogP contribution >= 0.6 is 15.9 Å². The number of carbonyl (C=O) groups is 1. The van der Waals surface area contributed by atoms with E-state index in [0.717, 1.165) is 16.7 Å². The van der Waals surface area contributed by atoms with E-state index < -0.39 is 0 Å². The second-order valence-electron chi connectivity index (χ2n) is 5.04. The zero-order valence-electron chi connectivity index (χ0n) is 12.2. The minimum atomic E-state index is 0.0106. The third kappa shape index (κ3) is 4.87. The van der Waals surface area contributed by atoms with Gasteiger partial charge in [0.25, 0.3) is 0 Å². The number of rotatable bonds is 5. The summed E-state index contributed by atoms with van der Waals surface area (Å²) in [5, 5.41) is 3.26. The van der Waals surface area contributed by atoms with Crippen molar-refractivity contribution >= 4 is 21.7 Å². The van der Waals surface area contributed by atoms with Crippen LogP contribution < -0.4 is 5.32 Å². The fourth-order valence-electron chi connectivity index (χ4n) is 1.89. The second-order valence-corrected chi connectivity index (χ2v) is 5.95. The molecule has 0 aromatic heterocycles. The highest BCUT2D eigenvalue weighted by Gasteiger charge is 2.03. The average Bonchev–Trinajstić information content (AvgIpc) is 2.47. The Hall–Kier alpha value is -1.87. The number of carbonyl (C=O) groups excluding carboxylic acids is 1. The maximum atomic E-state index is 12.1. The molecule has 0 heterocycles. The fourth-order valence-corrected chi connectivity index (χ4v) is 2.16. The largest absolute Gasteiger partial charge is 0.384 e. The molecule has 0 saturated heterocycles. The lowest BCUT2D eigenvalue weighted by Gasteiger charge is -2.07. The molecule has 0 amide bonds. The molecule has 0 aliphatic rings. The lowest BCUT2D eigenvalue weighted by Crippen LogP contribution is -2.12. The fraction of sp³-hybridized carbons (Fsp3) is 0.167. The summed E-state index contributed by atoms with van der Waals surface area (Å²) in [5.41, 5.74) is 4.00. The van der Waals surface area contributed by atoms with E-state index in [-0.39, 0.29) is 5.78 Å². The molecule has 21 heavy (non-hydrogen) atoms. The molecule has 0 saturated carbocycles. The molecule has 0 aliphatic heterocycles. The summed E-state index contributed by atoms with van der Waals surface area (Å²) in [7, 11) is 0. The van der Waals surface area contributed by atoms with Gasteiger partial charge < -0.3 is 5.32 Å². The first-order chi connectivity index (χ1) is 10.0. The average molecular weight is 344 g/mol. The van der Waals surface area contributed by atoms with Crippen LogP contribution in [0.25, 0.3) is 0 Å². The Kier molecular flexibility index (Phi) is 5.34. The Morgan fingerprint density at radius 1 is 1.10 bits per heavy atom. The maximum absolute atomic E-state index is 12.1. The molecular weight excluding hydrogens is 326 g/mol. The summed E-state index contributed by atoms with van der Waals surface area (Å²) < 4.78 is 0.970. The summed E-state index contributed by atoms with van der Waals surface area (Å²) in [6, 6.07) is 15.7. The van der Waals surface area contributed by atoms with Gasteiger partial charge in [-0.25, -0.2) is 0 Å². The Labute approximate surface area is 134 Å². The van der Waals surface area contributed by atoms with Crippen LogP contribution in [0.1, 0.15) is 28.4 Å². The summed E-state index contributed by atoms with van der Waals surface area (Å²) in [4.78, 5) is 12.1. The van der Waals surface area contributed by atoms with E-state index in [1.54, 1.807) is 6.08 Å². The molecule has 0 bridgehead atoms. The Morgan fingerprint density at radius 3 is 2.33 bits per heavy atom. The predicted octanol–water partition coefficient (Wildman–Crippen LogP) is 4.63. The van der Waals surface area contributed by atoms with Crippen molar-refractivity contribution in [3.05, 3.63) is 81.5 Å². The van der Waals surface area contributed by atoms with E-state index in [0.29, 0.717) is 5.56 Å². The standard InChI is InChI=1S/C18H18BrNO/c1-13-3-5-15(6-4-13)12-20-14(2)11-18(21)16-7-9-17(19)10-8-16/h3-11,20H,12H2,1-2H3/b14-11-. The zero-order chi connectivity index (χ0) is 15.2. The normalized spacial score (nSPS) is 11.3. The first-order valence-electron chi connectivity index (χ1n) is 6.82. The minimum absolute atomic E-state index is 0.0106. The van der Waals surface area contributed by atoms with Crippen molar-refractivity contribution in [3.8, 4) is 0 Å². The summed E-state index contributed by atoms with van der Waals surface area (Å²) in [5.74, 6) is 0.0106. The van der Waals surface area contributed by atoms with Gasteiger partial charge in [-0.1, -0.05) is 45.8 Å². The molecule has 1 N–H and O–H groups in total. The van der Waals surface area contributed by atoms with E-state index in [9.17, 15) is 4.79 Å². The molecule has 0 unspecified atom stereocenters. The molecule has 2 nitrogen and oxygen atoms in total. The lowest BCUT2D eigenvalue weighted by molar-refractivity contribution is 0.104. The first-order valence-corrected chi connectivity index (χ1v) is 7.61. The van der Waals surface area contributed by atoms with E-state index in [2.05, 4.69) is 52.4 Å². The van der Waals surface area contributed by atoms with Crippen molar-refractivity contribution < 1.29 is 4.79 Å². The van der Waals surface area contributed by atoms with Crippen molar-refractivity contribution in [2.24, 2.45) is 0 Å². The number of halogens is 1. The molecule has 2 aromatic rings. The van der Waals surface area contributed by atoms with Crippen LogP contribution in [0.2, 0.25) is 0 Å². The zero-order valence-corrected chi connectivity index (χ0v) is 13.8. The first kappa shape index (κ1) is 15.5. The van der Waals surface area contributed by atoms with Gasteiger partial charge in [0.05, 0.1) is 0 Å². The quantitative estimate of drug-likeness (QED) is 0.633. The molecular formula is C18H18BrNO. The van der Waals surface area contributed by atoms with Crippen LogP contribution in [0.3, 0.4) is 0 Å². The van der Waals surface area contributed by atoms with Gasteiger partial charge >= 0.3 is 0 Å². The molecule has 0 spiro atoms. The number of nitrogens with one attached hydrogen (secondary N) is 1. The Morgan fingerprint density at radius 2 is 1.71 bits per heavy atom. The van der Waals surface area contributed by atoms with E-state index >= 15 is 0 Å². The van der Waals surface area contributed by atoms with E-state index in [1.165, 1.54) is 11.1 Å². The highest BCUT2D eigenvalue weighted by molar-refractivity contribution is 9.10. The van der Waals surface area contributed by atoms with Crippen LogP contribution in [0.15, 0.2) is 64.8 Å². The molecule has 2 rings (SSSR count). The Bertz CT molecular complexity index is 642.